The molecule has 216 valence electrons. The quantitative estimate of drug-likeness (QED) is 0.118. The fourth-order valence-electron chi connectivity index (χ4n) is 5.08. The number of benzene rings is 3. The lowest BCUT2D eigenvalue weighted by Gasteiger charge is -2.15. The Labute approximate surface area is 243 Å². The van der Waals surface area contributed by atoms with Crippen molar-refractivity contribution in [2.24, 2.45) is 5.92 Å². The number of unbranched alkanes of at least 4 members (excludes halogenated alkanes) is 7. The summed E-state index contributed by atoms with van der Waals surface area (Å²) in [5.41, 5.74) is 5.09. The first-order valence-electron chi connectivity index (χ1n) is 15.6. The topological polar surface area (TPSA) is 35.5 Å². The van der Waals surface area contributed by atoms with Gasteiger partial charge in [0.25, 0.3) is 0 Å². The van der Waals surface area contributed by atoms with Gasteiger partial charge in [-0.05, 0) is 72.2 Å². The van der Waals surface area contributed by atoms with Crippen LogP contribution in [0.3, 0.4) is 0 Å². The van der Waals surface area contributed by atoms with E-state index in [0.29, 0.717) is 11.5 Å². The Bertz CT molecular complexity index is 1100. The maximum Gasteiger partial charge on any atom is 0.338 e. The fraction of sp³-hybridized carbons (Fsp3) is 0.486. The summed E-state index contributed by atoms with van der Waals surface area (Å²) >= 11 is 0. The van der Waals surface area contributed by atoms with E-state index in [2.05, 4.69) is 57.2 Å². The number of carbonyl (C=O) groups excluding carboxylic acids is 1. The maximum atomic E-state index is 12.8. The summed E-state index contributed by atoms with van der Waals surface area (Å²) in [6.07, 6.45) is 13.5. The SMILES string of the molecule is CCCCCCCCOc1ccc(-c2ccc(C(=O)OC(C)c3ccc(CC(C)CCCCC)cc3)cc2)cc1. The van der Waals surface area contributed by atoms with Crippen LogP contribution in [0.2, 0.25) is 0 Å². The molecule has 0 radical (unpaired) electrons. The highest BCUT2D eigenvalue weighted by Crippen LogP contribution is 2.25. The number of hydrogen-bond acceptors (Lipinski definition) is 3. The van der Waals surface area contributed by atoms with Crippen LogP contribution in [0.25, 0.3) is 11.1 Å². The molecule has 0 spiro atoms. The zero-order valence-corrected chi connectivity index (χ0v) is 25.3. The molecule has 3 nitrogen and oxygen atoms in total. The molecule has 40 heavy (non-hydrogen) atoms. The Morgan fingerprint density at radius 3 is 1.90 bits per heavy atom. The van der Waals surface area contributed by atoms with Gasteiger partial charge in [0.05, 0.1) is 12.2 Å². The van der Waals surface area contributed by atoms with E-state index in [1.54, 1.807) is 0 Å². The van der Waals surface area contributed by atoms with Crippen molar-refractivity contribution < 1.29 is 14.3 Å². The number of hydrogen-bond donors (Lipinski definition) is 0. The first kappa shape index (κ1) is 31.5. The number of esters is 1. The molecule has 2 unspecified atom stereocenters. The Kier molecular flexibility index (Phi) is 13.8. The van der Waals surface area contributed by atoms with E-state index in [0.717, 1.165) is 41.9 Å². The van der Waals surface area contributed by atoms with Crippen molar-refractivity contribution in [2.45, 2.75) is 104 Å². The lowest BCUT2D eigenvalue weighted by atomic mass is 9.94. The van der Waals surface area contributed by atoms with E-state index in [-0.39, 0.29) is 12.1 Å². The average Bonchev–Trinajstić information content (AvgIpc) is 2.97. The molecule has 0 bridgehead atoms. The molecule has 0 fully saturated rings. The average molecular weight is 543 g/mol. The van der Waals surface area contributed by atoms with Gasteiger partial charge in [0.1, 0.15) is 11.9 Å². The van der Waals surface area contributed by atoms with Gasteiger partial charge >= 0.3 is 5.97 Å². The highest BCUT2D eigenvalue weighted by molar-refractivity contribution is 5.90. The van der Waals surface area contributed by atoms with Gasteiger partial charge in [-0.1, -0.05) is 127 Å². The molecule has 0 aliphatic carbocycles. The lowest BCUT2D eigenvalue weighted by molar-refractivity contribution is 0.0338. The summed E-state index contributed by atoms with van der Waals surface area (Å²) in [4.78, 5) is 12.8. The van der Waals surface area contributed by atoms with Gasteiger partial charge in [0, 0.05) is 0 Å². The number of rotatable bonds is 18. The second-order valence-corrected chi connectivity index (χ2v) is 11.3. The third-order valence-corrected chi connectivity index (χ3v) is 7.69. The molecule has 0 saturated heterocycles. The van der Waals surface area contributed by atoms with E-state index >= 15 is 0 Å². The first-order chi connectivity index (χ1) is 19.5. The standard InChI is InChI=1S/C37H50O3/c1-5-7-9-10-11-13-27-39-36-25-23-34(24-26-36)33-19-21-35(22-20-33)37(38)40-30(4)32-17-15-31(16-18-32)28-29(3)14-12-8-6-2/h15-26,29-30H,5-14,27-28H2,1-4H3. The minimum atomic E-state index is -0.300. The van der Waals surface area contributed by atoms with Crippen LogP contribution in [0.5, 0.6) is 5.75 Å². The van der Waals surface area contributed by atoms with Gasteiger partial charge in [-0.2, -0.15) is 0 Å². The second-order valence-electron chi connectivity index (χ2n) is 11.3. The van der Waals surface area contributed by atoms with Crippen LogP contribution in [-0.4, -0.2) is 12.6 Å². The molecule has 0 aromatic heterocycles. The zero-order valence-electron chi connectivity index (χ0n) is 25.3. The highest BCUT2D eigenvalue weighted by Gasteiger charge is 2.14. The summed E-state index contributed by atoms with van der Waals surface area (Å²) in [6, 6.07) is 24.4. The Balaban J connectivity index is 1.45. The normalized spacial score (nSPS) is 12.6. The molecule has 3 rings (SSSR count). The van der Waals surface area contributed by atoms with Gasteiger partial charge in [-0.25, -0.2) is 4.79 Å². The molecule has 3 aromatic carbocycles. The van der Waals surface area contributed by atoms with Crippen LogP contribution < -0.4 is 4.74 Å². The molecule has 3 heteroatoms. The monoisotopic (exact) mass is 542 g/mol. The first-order valence-corrected chi connectivity index (χ1v) is 15.6. The third kappa shape index (κ3) is 10.8. The Morgan fingerprint density at radius 1 is 0.675 bits per heavy atom. The molecule has 0 aliphatic heterocycles. The summed E-state index contributed by atoms with van der Waals surface area (Å²) in [5, 5.41) is 0. The zero-order chi connectivity index (χ0) is 28.6. The predicted octanol–water partition coefficient (Wildman–Crippen LogP) is 10.8. The Hall–Kier alpha value is -3.07. The van der Waals surface area contributed by atoms with Gasteiger partial charge in [-0.15, -0.1) is 0 Å². The maximum absolute atomic E-state index is 12.8. The van der Waals surface area contributed by atoms with Gasteiger partial charge in [-0.3, -0.25) is 0 Å². The summed E-state index contributed by atoms with van der Waals surface area (Å²) in [7, 11) is 0. The number of ether oxygens (including phenoxy) is 2. The van der Waals surface area contributed by atoms with Crippen LogP contribution in [0.15, 0.2) is 72.8 Å². The molecule has 0 heterocycles. The van der Waals surface area contributed by atoms with Crippen LogP contribution in [0.1, 0.15) is 119 Å². The second kappa shape index (κ2) is 17.6. The van der Waals surface area contributed by atoms with Crippen molar-refractivity contribution in [1.82, 2.24) is 0 Å². The van der Waals surface area contributed by atoms with E-state index in [4.69, 9.17) is 9.47 Å². The van der Waals surface area contributed by atoms with E-state index in [1.165, 1.54) is 63.4 Å². The molecule has 0 amide bonds. The third-order valence-electron chi connectivity index (χ3n) is 7.69. The van der Waals surface area contributed by atoms with Crippen molar-refractivity contribution in [1.29, 1.82) is 0 Å². The van der Waals surface area contributed by atoms with Crippen LogP contribution >= 0.6 is 0 Å². The van der Waals surface area contributed by atoms with Crippen molar-refractivity contribution in [2.75, 3.05) is 6.61 Å². The van der Waals surface area contributed by atoms with Crippen LogP contribution in [-0.2, 0) is 11.2 Å². The molecule has 0 saturated carbocycles. The van der Waals surface area contributed by atoms with E-state index in [9.17, 15) is 4.79 Å². The van der Waals surface area contributed by atoms with Gasteiger partial charge in [0.15, 0.2) is 0 Å². The minimum absolute atomic E-state index is 0.299. The van der Waals surface area contributed by atoms with Crippen molar-refractivity contribution >= 4 is 5.97 Å². The van der Waals surface area contributed by atoms with Gasteiger partial charge < -0.3 is 9.47 Å². The summed E-state index contributed by atoms with van der Waals surface area (Å²) in [5.74, 6) is 1.30. The molecular formula is C37H50O3. The number of carbonyl (C=O) groups is 1. The van der Waals surface area contributed by atoms with Crippen molar-refractivity contribution in [3.05, 3.63) is 89.5 Å². The smallest absolute Gasteiger partial charge is 0.338 e. The van der Waals surface area contributed by atoms with Crippen LogP contribution in [0, 0.1) is 5.92 Å². The molecular weight excluding hydrogens is 492 g/mol. The summed E-state index contributed by atoms with van der Waals surface area (Å²) in [6.45, 7) is 9.53. The fourth-order valence-corrected chi connectivity index (χ4v) is 5.08. The lowest BCUT2D eigenvalue weighted by Crippen LogP contribution is -2.09. The van der Waals surface area contributed by atoms with E-state index < -0.39 is 0 Å². The summed E-state index contributed by atoms with van der Waals surface area (Å²) < 4.78 is 11.7. The van der Waals surface area contributed by atoms with Crippen molar-refractivity contribution in [3.63, 3.8) is 0 Å². The molecule has 0 aliphatic rings. The molecule has 0 N–H and O–H groups in total. The van der Waals surface area contributed by atoms with Crippen molar-refractivity contribution in [3.8, 4) is 16.9 Å². The van der Waals surface area contributed by atoms with E-state index in [1.807, 2.05) is 43.3 Å². The van der Waals surface area contributed by atoms with Gasteiger partial charge in [0.2, 0.25) is 0 Å². The molecule has 2 atom stereocenters. The van der Waals surface area contributed by atoms with Crippen LogP contribution in [0.4, 0.5) is 0 Å². The molecule has 3 aromatic rings. The largest absolute Gasteiger partial charge is 0.494 e. The highest BCUT2D eigenvalue weighted by atomic mass is 16.5. The minimum Gasteiger partial charge on any atom is -0.494 e. The Morgan fingerprint density at radius 2 is 1.25 bits per heavy atom. The predicted molar refractivity (Wildman–Crippen MR) is 168 cm³/mol.